The number of ketones is 1. The Kier molecular flexibility index (Phi) is 4.57. The number of Topliss-reactive ketones (excluding diaryl/α,β-unsaturated/α-hetero) is 1. The van der Waals surface area contributed by atoms with Crippen LogP contribution in [0.5, 0.6) is 5.75 Å². The van der Waals surface area contributed by atoms with Crippen molar-refractivity contribution in [2.45, 2.75) is 37.8 Å². The van der Waals surface area contributed by atoms with Crippen molar-refractivity contribution < 1.29 is 9.53 Å². The van der Waals surface area contributed by atoms with Gasteiger partial charge >= 0.3 is 0 Å². The van der Waals surface area contributed by atoms with Crippen LogP contribution in [-0.2, 0) is 4.79 Å². The number of benzene rings is 1. The number of fused-ring (bicyclic) bond motifs is 1. The number of aromatic nitrogens is 2. The SMILES string of the molecule is COc1ccc([C@@H]2C3=C(CC(C)(C)CC3=O)Nc3nc(SC)nc(N)c32)cc1. The maximum absolute atomic E-state index is 13.2. The average Bonchev–Trinajstić information content (AvgIpc) is 2.65. The molecule has 3 N–H and O–H groups in total. The summed E-state index contributed by atoms with van der Waals surface area (Å²) in [5.74, 6) is 1.74. The average molecular weight is 397 g/mol. The van der Waals surface area contributed by atoms with Gasteiger partial charge in [0.05, 0.1) is 7.11 Å². The van der Waals surface area contributed by atoms with E-state index >= 15 is 0 Å². The van der Waals surface area contributed by atoms with Gasteiger partial charge in [0.25, 0.3) is 0 Å². The molecule has 0 radical (unpaired) electrons. The fourth-order valence-corrected chi connectivity index (χ4v) is 4.51. The number of nitrogens with one attached hydrogen (secondary N) is 1. The molecule has 28 heavy (non-hydrogen) atoms. The number of rotatable bonds is 3. The fraction of sp³-hybridized carbons (Fsp3) is 0.381. The lowest BCUT2D eigenvalue weighted by Gasteiger charge is -2.39. The number of thioether (sulfide) groups is 1. The molecule has 146 valence electrons. The van der Waals surface area contributed by atoms with Crippen LogP contribution in [0.4, 0.5) is 11.6 Å². The van der Waals surface area contributed by atoms with Crippen LogP contribution >= 0.6 is 11.8 Å². The second-order valence-corrected chi connectivity index (χ2v) is 8.80. The normalized spacial score (nSPS) is 20.3. The van der Waals surface area contributed by atoms with E-state index in [0.29, 0.717) is 23.2 Å². The zero-order valence-electron chi connectivity index (χ0n) is 16.5. The van der Waals surface area contributed by atoms with Gasteiger partial charge in [-0.05, 0) is 35.8 Å². The van der Waals surface area contributed by atoms with Gasteiger partial charge in [0.2, 0.25) is 0 Å². The molecule has 0 saturated carbocycles. The van der Waals surface area contributed by atoms with Crippen molar-refractivity contribution in [1.29, 1.82) is 0 Å². The summed E-state index contributed by atoms with van der Waals surface area (Å²) >= 11 is 1.45. The number of carbonyl (C=O) groups excluding carboxylic acids is 1. The second-order valence-electron chi connectivity index (χ2n) is 8.02. The van der Waals surface area contributed by atoms with Gasteiger partial charge in [-0.3, -0.25) is 4.79 Å². The number of nitrogens with zero attached hydrogens (tertiary/aromatic N) is 2. The molecule has 1 aliphatic carbocycles. The Balaban J connectivity index is 1.94. The van der Waals surface area contributed by atoms with Crippen LogP contribution in [-0.4, -0.2) is 29.1 Å². The van der Waals surface area contributed by atoms with Crippen molar-refractivity contribution in [3.05, 3.63) is 46.7 Å². The van der Waals surface area contributed by atoms with Crippen LogP contribution in [0.1, 0.15) is 43.7 Å². The molecular formula is C21H24N4O2S. The van der Waals surface area contributed by atoms with Gasteiger partial charge in [-0.2, -0.15) is 0 Å². The summed E-state index contributed by atoms with van der Waals surface area (Å²) in [7, 11) is 1.64. The van der Waals surface area contributed by atoms with E-state index < -0.39 is 0 Å². The molecule has 0 fully saturated rings. The Bertz CT molecular complexity index is 983. The standard InChI is InChI=1S/C21H24N4O2S/c1-21(2)9-13-16(14(26)10-21)15(11-5-7-12(27-3)8-6-11)17-18(22)24-20(28-4)25-19(17)23-13/h5-8,15H,9-10H2,1-4H3,(H3,22,23,24,25)/t15-/m1/s1. The van der Waals surface area contributed by atoms with E-state index in [1.165, 1.54) is 11.8 Å². The topological polar surface area (TPSA) is 90.1 Å². The molecule has 1 aliphatic heterocycles. The first-order chi connectivity index (χ1) is 13.3. The summed E-state index contributed by atoms with van der Waals surface area (Å²) < 4.78 is 5.29. The van der Waals surface area contributed by atoms with Crippen LogP contribution in [0.25, 0.3) is 0 Å². The summed E-state index contributed by atoms with van der Waals surface area (Å²) in [4.78, 5) is 22.3. The van der Waals surface area contributed by atoms with Crippen molar-refractivity contribution in [2.75, 3.05) is 24.4 Å². The Labute approximate surface area is 169 Å². The molecule has 7 heteroatoms. The van der Waals surface area contributed by atoms with E-state index in [2.05, 4.69) is 29.1 Å². The van der Waals surface area contributed by atoms with Gasteiger partial charge in [-0.1, -0.05) is 37.7 Å². The lowest BCUT2D eigenvalue weighted by Crippen LogP contribution is -2.34. The molecule has 0 unspecified atom stereocenters. The largest absolute Gasteiger partial charge is 0.497 e. The predicted molar refractivity (Wildman–Crippen MR) is 112 cm³/mol. The van der Waals surface area contributed by atoms with E-state index in [-0.39, 0.29) is 17.1 Å². The number of anilines is 2. The van der Waals surface area contributed by atoms with Gasteiger partial charge < -0.3 is 15.8 Å². The zero-order chi connectivity index (χ0) is 20.1. The van der Waals surface area contributed by atoms with Gasteiger partial charge in [0, 0.05) is 29.2 Å². The minimum atomic E-state index is -0.281. The highest BCUT2D eigenvalue weighted by molar-refractivity contribution is 7.98. The Hall–Kier alpha value is -2.54. The summed E-state index contributed by atoms with van der Waals surface area (Å²) in [6.07, 6.45) is 3.22. The predicted octanol–water partition coefficient (Wildman–Crippen LogP) is 3.99. The maximum atomic E-state index is 13.2. The summed E-state index contributed by atoms with van der Waals surface area (Å²) in [5.41, 5.74) is 9.75. The number of hydrogen-bond acceptors (Lipinski definition) is 7. The lowest BCUT2D eigenvalue weighted by atomic mass is 9.69. The summed E-state index contributed by atoms with van der Waals surface area (Å²) in [6.45, 7) is 4.24. The summed E-state index contributed by atoms with van der Waals surface area (Å²) in [5, 5.41) is 4.03. The third kappa shape index (κ3) is 3.13. The van der Waals surface area contributed by atoms with E-state index in [4.69, 9.17) is 10.5 Å². The summed E-state index contributed by atoms with van der Waals surface area (Å²) in [6, 6.07) is 7.78. The first-order valence-electron chi connectivity index (χ1n) is 9.21. The number of nitrogens with two attached hydrogens (primary N) is 1. The van der Waals surface area contributed by atoms with Crippen molar-refractivity contribution in [1.82, 2.24) is 9.97 Å². The molecule has 1 aromatic heterocycles. The molecule has 2 heterocycles. The monoisotopic (exact) mass is 396 g/mol. The molecule has 4 rings (SSSR count). The molecule has 0 amide bonds. The van der Waals surface area contributed by atoms with Crippen LogP contribution in [0.2, 0.25) is 0 Å². The van der Waals surface area contributed by atoms with E-state index in [1.54, 1.807) is 7.11 Å². The lowest BCUT2D eigenvalue weighted by molar-refractivity contribution is -0.118. The quantitative estimate of drug-likeness (QED) is 0.599. The number of nitrogen functional groups attached to an aromatic ring is 1. The molecule has 0 bridgehead atoms. The number of carbonyl (C=O) groups is 1. The van der Waals surface area contributed by atoms with E-state index in [9.17, 15) is 4.79 Å². The Morgan fingerprint density at radius 2 is 1.93 bits per heavy atom. The number of allylic oxidation sites excluding steroid dienone is 2. The minimum Gasteiger partial charge on any atom is -0.497 e. The van der Waals surface area contributed by atoms with Crippen LogP contribution in [0.3, 0.4) is 0 Å². The van der Waals surface area contributed by atoms with Gasteiger partial charge in [0.1, 0.15) is 17.4 Å². The molecule has 0 spiro atoms. The van der Waals surface area contributed by atoms with Gasteiger partial charge in [-0.25, -0.2) is 9.97 Å². The Morgan fingerprint density at radius 3 is 2.57 bits per heavy atom. The van der Waals surface area contributed by atoms with Crippen LogP contribution in [0, 0.1) is 5.41 Å². The minimum absolute atomic E-state index is 0.0915. The van der Waals surface area contributed by atoms with Crippen molar-refractivity contribution >= 4 is 29.2 Å². The van der Waals surface area contributed by atoms with Crippen LogP contribution in [0.15, 0.2) is 40.7 Å². The highest BCUT2D eigenvalue weighted by Gasteiger charge is 2.42. The van der Waals surface area contributed by atoms with Gasteiger partial charge in [0.15, 0.2) is 10.9 Å². The smallest absolute Gasteiger partial charge is 0.191 e. The maximum Gasteiger partial charge on any atom is 0.191 e. The van der Waals surface area contributed by atoms with Crippen molar-refractivity contribution in [3.63, 3.8) is 0 Å². The number of ether oxygens (including phenoxy) is 1. The third-order valence-corrected chi connectivity index (χ3v) is 5.90. The van der Waals surface area contributed by atoms with E-state index in [1.807, 2.05) is 30.5 Å². The second kappa shape index (κ2) is 6.81. The first kappa shape index (κ1) is 18.8. The Morgan fingerprint density at radius 1 is 1.21 bits per heavy atom. The molecule has 6 nitrogen and oxygen atoms in total. The first-order valence-corrected chi connectivity index (χ1v) is 10.4. The van der Waals surface area contributed by atoms with Gasteiger partial charge in [-0.15, -0.1) is 0 Å². The highest BCUT2D eigenvalue weighted by Crippen LogP contribution is 2.50. The van der Waals surface area contributed by atoms with Crippen LogP contribution < -0.4 is 15.8 Å². The fourth-order valence-electron chi connectivity index (χ4n) is 4.13. The molecule has 0 saturated heterocycles. The van der Waals surface area contributed by atoms with Crippen molar-refractivity contribution in [2.24, 2.45) is 5.41 Å². The number of hydrogen-bond donors (Lipinski definition) is 2. The molecule has 2 aliphatic rings. The number of methoxy groups -OCH3 is 1. The zero-order valence-corrected chi connectivity index (χ0v) is 17.3. The molecule has 1 aromatic carbocycles. The molecule has 2 aromatic rings. The molecule has 1 atom stereocenters. The van der Waals surface area contributed by atoms with E-state index in [0.717, 1.165) is 34.6 Å². The third-order valence-electron chi connectivity index (χ3n) is 5.35. The molecular weight excluding hydrogens is 372 g/mol. The van der Waals surface area contributed by atoms with Crippen molar-refractivity contribution in [3.8, 4) is 5.75 Å². The highest BCUT2D eigenvalue weighted by atomic mass is 32.2.